The van der Waals surface area contributed by atoms with Crippen molar-refractivity contribution in [2.24, 2.45) is 0 Å². The highest BCUT2D eigenvalue weighted by Gasteiger charge is 2.03. The zero-order valence-corrected chi connectivity index (χ0v) is 10.2. The fourth-order valence-electron chi connectivity index (χ4n) is 1.44. The SMILES string of the molecule is O=Cc1ccc(OCc2ccc(F)cc2Cl)cc1. The molecule has 0 atom stereocenters. The van der Waals surface area contributed by atoms with Gasteiger partial charge in [-0.05, 0) is 36.4 Å². The molecule has 0 spiro atoms. The number of carbonyl (C=O) groups is 1. The summed E-state index contributed by atoms with van der Waals surface area (Å²) in [5.74, 6) is 0.250. The molecular weight excluding hydrogens is 255 g/mol. The van der Waals surface area contributed by atoms with Gasteiger partial charge in [0.25, 0.3) is 0 Å². The summed E-state index contributed by atoms with van der Waals surface area (Å²) in [6.45, 7) is 0.250. The van der Waals surface area contributed by atoms with E-state index in [1.54, 1.807) is 30.3 Å². The molecule has 0 aromatic heterocycles. The molecule has 0 fully saturated rings. The van der Waals surface area contributed by atoms with Gasteiger partial charge in [-0.3, -0.25) is 4.79 Å². The third kappa shape index (κ3) is 3.08. The topological polar surface area (TPSA) is 26.3 Å². The van der Waals surface area contributed by atoms with Crippen LogP contribution >= 0.6 is 11.6 Å². The van der Waals surface area contributed by atoms with E-state index < -0.39 is 0 Å². The number of aldehydes is 1. The third-order valence-electron chi connectivity index (χ3n) is 2.43. The van der Waals surface area contributed by atoms with Gasteiger partial charge in [0.15, 0.2) is 0 Å². The molecular formula is C14H10ClFO2. The van der Waals surface area contributed by atoms with Crippen LogP contribution in [-0.4, -0.2) is 6.29 Å². The highest BCUT2D eigenvalue weighted by Crippen LogP contribution is 2.20. The Kier molecular flexibility index (Phi) is 3.95. The summed E-state index contributed by atoms with van der Waals surface area (Å²) in [7, 11) is 0. The van der Waals surface area contributed by atoms with Crippen molar-refractivity contribution in [1.29, 1.82) is 0 Å². The molecule has 0 aliphatic heterocycles. The van der Waals surface area contributed by atoms with E-state index in [1.165, 1.54) is 12.1 Å². The van der Waals surface area contributed by atoms with Crippen LogP contribution in [0, 0.1) is 5.82 Å². The van der Waals surface area contributed by atoms with Crippen molar-refractivity contribution in [1.82, 2.24) is 0 Å². The molecule has 0 N–H and O–H groups in total. The number of carbonyl (C=O) groups excluding carboxylic acids is 1. The highest BCUT2D eigenvalue weighted by atomic mass is 35.5. The molecule has 0 unspecified atom stereocenters. The Morgan fingerprint density at radius 1 is 1.17 bits per heavy atom. The summed E-state index contributed by atoms with van der Waals surface area (Å²) in [4.78, 5) is 10.5. The van der Waals surface area contributed by atoms with Gasteiger partial charge in [0.05, 0.1) is 5.02 Å². The van der Waals surface area contributed by atoms with Crippen molar-refractivity contribution in [2.45, 2.75) is 6.61 Å². The van der Waals surface area contributed by atoms with Crippen molar-refractivity contribution in [3.8, 4) is 5.75 Å². The van der Waals surface area contributed by atoms with Crippen LogP contribution in [0.2, 0.25) is 5.02 Å². The number of hydrogen-bond donors (Lipinski definition) is 0. The second kappa shape index (κ2) is 5.65. The molecule has 2 aromatic carbocycles. The van der Waals surface area contributed by atoms with Crippen molar-refractivity contribution in [3.05, 3.63) is 64.4 Å². The van der Waals surface area contributed by atoms with Crippen molar-refractivity contribution < 1.29 is 13.9 Å². The van der Waals surface area contributed by atoms with E-state index in [-0.39, 0.29) is 12.4 Å². The van der Waals surface area contributed by atoms with Gasteiger partial charge < -0.3 is 4.74 Å². The normalized spacial score (nSPS) is 10.1. The van der Waals surface area contributed by atoms with Gasteiger partial charge in [-0.1, -0.05) is 17.7 Å². The van der Waals surface area contributed by atoms with E-state index in [4.69, 9.17) is 16.3 Å². The smallest absolute Gasteiger partial charge is 0.150 e. The molecule has 2 rings (SSSR count). The monoisotopic (exact) mass is 264 g/mol. The Labute approximate surface area is 109 Å². The lowest BCUT2D eigenvalue weighted by Gasteiger charge is -2.07. The number of rotatable bonds is 4. The van der Waals surface area contributed by atoms with E-state index in [0.29, 0.717) is 21.9 Å². The maximum Gasteiger partial charge on any atom is 0.150 e. The molecule has 0 radical (unpaired) electrons. The maximum absolute atomic E-state index is 12.8. The predicted octanol–water partition coefficient (Wildman–Crippen LogP) is 3.87. The zero-order chi connectivity index (χ0) is 13.0. The molecule has 92 valence electrons. The Balaban J connectivity index is 2.04. The second-order valence-electron chi connectivity index (χ2n) is 3.71. The van der Waals surface area contributed by atoms with Crippen molar-refractivity contribution >= 4 is 17.9 Å². The van der Waals surface area contributed by atoms with Gasteiger partial charge in [0.1, 0.15) is 24.5 Å². The fraction of sp³-hybridized carbons (Fsp3) is 0.0714. The summed E-state index contributed by atoms with van der Waals surface area (Å²) in [5.41, 5.74) is 1.29. The number of hydrogen-bond acceptors (Lipinski definition) is 2. The van der Waals surface area contributed by atoms with E-state index in [9.17, 15) is 9.18 Å². The van der Waals surface area contributed by atoms with Crippen LogP contribution in [0.4, 0.5) is 4.39 Å². The first kappa shape index (κ1) is 12.6. The first-order valence-electron chi connectivity index (χ1n) is 5.31. The first-order valence-corrected chi connectivity index (χ1v) is 5.69. The second-order valence-corrected chi connectivity index (χ2v) is 4.12. The number of benzene rings is 2. The van der Waals surface area contributed by atoms with E-state index in [1.807, 2.05) is 0 Å². The van der Waals surface area contributed by atoms with Crippen molar-refractivity contribution in [3.63, 3.8) is 0 Å². The average molecular weight is 265 g/mol. The lowest BCUT2D eigenvalue weighted by molar-refractivity contribution is 0.112. The summed E-state index contributed by atoms with van der Waals surface area (Å²) in [6.07, 6.45) is 0.765. The Hall–Kier alpha value is -1.87. The molecule has 0 aliphatic rings. The summed E-state index contributed by atoms with van der Waals surface area (Å²) >= 11 is 5.88. The molecule has 0 saturated heterocycles. The molecule has 0 aliphatic carbocycles. The van der Waals surface area contributed by atoms with Gasteiger partial charge in [-0.2, -0.15) is 0 Å². The summed E-state index contributed by atoms with van der Waals surface area (Å²) in [5, 5.41) is 0.333. The quantitative estimate of drug-likeness (QED) is 0.784. The number of halogens is 2. The van der Waals surface area contributed by atoms with Gasteiger partial charge in [0.2, 0.25) is 0 Å². The highest BCUT2D eigenvalue weighted by molar-refractivity contribution is 6.31. The Bertz CT molecular complexity index is 552. The molecule has 2 nitrogen and oxygen atoms in total. The maximum atomic E-state index is 12.8. The number of ether oxygens (including phenoxy) is 1. The minimum atomic E-state index is -0.376. The standard InChI is InChI=1S/C14H10ClFO2/c15-14-7-12(16)4-3-11(14)9-18-13-5-1-10(8-17)2-6-13/h1-8H,9H2. The molecule has 2 aromatic rings. The van der Waals surface area contributed by atoms with Crippen LogP contribution in [0.3, 0.4) is 0 Å². The van der Waals surface area contributed by atoms with Gasteiger partial charge >= 0.3 is 0 Å². The Morgan fingerprint density at radius 3 is 2.50 bits per heavy atom. The molecule has 0 amide bonds. The average Bonchev–Trinajstić information content (AvgIpc) is 2.38. The molecule has 0 bridgehead atoms. The van der Waals surface area contributed by atoms with Crippen LogP contribution in [0.1, 0.15) is 15.9 Å². The lowest BCUT2D eigenvalue weighted by Crippen LogP contribution is -1.96. The van der Waals surface area contributed by atoms with E-state index >= 15 is 0 Å². The fourth-order valence-corrected chi connectivity index (χ4v) is 1.66. The minimum absolute atomic E-state index is 0.250. The van der Waals surface area contributed by atoms with Crippen molar-refractivity contribution in [2.75, 3.05) is 0 Å². The van der Waals surface area contributed by atoms with E-state index in [0.717, 1.165) is 6.29 Å². The third-order valence-corrected chi connectivity index (χ3v) is 2.78. The van der Waals surface area contributed by atoms with Gasteiger partial charge in [-0.25, -0.2) is 4.39 Å². The molecule has 18 heavy (non-hydrogen) atoms. The predicted molar refractivity (Wildman–Crippen MR) is 67.6 cm³/mol. The minimum Gasteiger partial charge on any atom is -0.489 e. The molecule has 4 heteroatoms. The summed E-state index contributed by atoms with van der Waals surface area (Å²) < 4.78 is 18.3. The van der Waals surface area contributed by atoms with Crippen LogP contribution in [0.15, 0.2) is 42.5 Å². The van der Waals surface area contributed by atoms with Crippen LogP contribution in [-0.2, 0) is 6.61 Å². The summed E-state index contributed by atoms with van der Waals surface area (Å²) in [6, 6.07) is 10.9. The molecule has 0 saturated carbocycles. The van der Waals surface area contributed by atoms with Crippen LogP contribution in [0.5, 0.6) is 5.75 Å². The van der Waals surface area contributed by atoms with Crippen LogP contribution in [0.25, 0.3) is 0 Å². The zero-order valence-electron chi connectivity index (χ0n) is 9.40. The van der Waals surface area contributed by atoms with Crippen LogP contribution < -0.4 is 4.74 Å². The molecule has 0 heterocycles. The largest absolute Gasteiger partial charge is 0.489 e. The van der Waals surface area contributed by atoms with Gasteiger partial charge in [0, 0.05) is 11.1 Å². The van der Waals surface area contributed by atoms with Gasteiger partial charge in [-0.15, -0.1) is 0 Å². The first-order chi connectivity index (χ1) is 8.69. The van der Waals surface area contributed by atoms with E-state index in [2.05, 4.69) is 0 Å². The Morgan fingerprint density at radius 2 is 1.89 bits per heavy atom. The lowest BCUT2D eigenvalue weighted by atomic mass is 10.2.